The molecule has 4 N–H and O–H groups in total. The Kier molecular flexibility index (Phi) is 5.93. The predicted octanol–water partition coefficient (Wildman–Crippen LogP) is 2.05. The molecule has 1 aromatic carbocycles. The maximum absolute atomic E-state index is 13.2. The van der Waals surface area contributed by atoms with Crippen LogP contribution in [0.5, 0.6) is 0 Å². The van der Waals surface area contributed by atoms with Crippen molar-refractivity contribution in [2.75, 3.05) is 11.9 Å². The first kappa shape index (κ1) is 22.3. The van der Waals surface area contributed by atoms with Crippen molar-refractivity contribution in [3.05, 3.63) is 30.1 Å². The average Bonchev–Trinajstić information content (AvgIpc) is 3.07. The molecule has 2 fully saturated rings. The van der Waals surface area contributed by atoms with Crippen LogP contribution in [0.1, 0.15) is 38.2 Å². The van der Waals surface area contributed by atoms with Gasteiger partial charge >= 0.3 is 6.18 Å². The van der Waals surface area contributed by atoms with E-state index in [9.17, 15) is 22.8 Å². The number of aromatic nitrogens is 2. The standard InChI is InChI=1S/C21H25F3N6O2/c1-11(31)28-17-9-13(25)3-5-18(17)30-7-6-16(20(30)32)29-19-14-8-12(21(22,23)24)2-4-15(14)26-10-27-19/h2,4,8,10,13,16-18H,3,5-7,9,25H2,1H3,(H,28,31)(H,26,27,29)/t13?,16-,17+,18-/m0/s1. The zero-order valence-corrected chi connectivity index (χ0v) is 17.5. The number of halogens is 3. The van der Waals surface area contributed by atoms with Crippen LogP contribution in [-0.4, -0.2) is 57.4 Å². The quantitative estimate of drug-likeness (QED) is 0.657. The lowest BCUT2D eigenvalue weighted by Crippen LogP contribution is -2.57. The zero-order chi connectivity index (χ0) is 23.0. The minimum Gasteiger partial charge on any atom is -0.358 e. The van der Waals surface area contributed by atoms with Crippen molar-refractivity contribution in [3.8, 4) is 0 Å². The van der Waals surface area contributed by atoms with Crippen molar-refractivity contribution in [2.45, 2.75) is 63.0 Å². The fraction of sp³-hybridized carbons (Fsp3) is 0.524. The van der Waals surface area contributed by atoms with Crippen LogP contribution in [0.2, 0.25) is 0 Å². The highest BCUT2D eigenvalue weighted by molar-refractivity contribution is 5.93. The number of benzene rings is 1. The highest BCUT2D eigenvalue weighted by Crippen LogP contribution is 2.33. The van der Waals surface area contributed by atoms with Crippen molar-refractivity contribution in [3.63, 3.8) is 0 Å². The highest BCUT2D eigenvalue weighted by Gasteiger charge is 2.41. The maximum Gasteiger partial charge on any atom is 0.416 e. The molecule has 0 spiro atoms. The Labute approximate surface area is 182 Å². The van der Waals surface area contributed by atoms with Crippen LogP contribution in [0, 0.1) is 0 Å². The van der Waals surface area contributed by atoms with Gasteiger partial charge in [0.1, 0.15) is 18.2 Å². The molecule has 32 heavy (non-hydrogen) atoms. The van der Waals surface area contributed by atoms with E-state index in [0.29, 0.717) is 31.3 Å². The van der Waals surface area contributed by atoms with Crippen LogP contribution in [0.25, 0.3) is 10.9 Å². The summed E-state index contributed by atoms with van der Waals surface area (Å²) in [6, 6.07) is 2.19. The number of anilines is 1. The van der Waals surface area contributed by atoms with Crippen molar-refractivity contribution in [2.24, 2.45) is 5.73 Å². The van der Waals surface area contributed by atoms with Gasteiger partial charge in [0, 0.05) is 24.9 Å². The molecule has 1 saturated heterocycles. The van der Waals surface area contributed by atoms with E-state index in [1.807, 2.05) is 0 Å². The van der Waals surface area contributed by atoms with E-state index < -0.39 is 17.8 Å². The number of alkyl halides is 3. The minimum absolute atomic E-state index is 0.0371. The summed E-state index contributed by atoms with van der Waals surface area (Å²) in [7, 11) is 0. The molecule has 2 amide bonds. The zero-order valence-electron chi connectivity index (χ0n) is 17.5. The normalized spacial score (nSPS) is 26.4. The number of rotatable bonds is 4. The van der Waals surface area contributed by atoms with E-state index in [-0.39, 0.29) is 41.1 Å². The molecule has 4 rings (SSSR count). The number of nitrogens with two attached hydrogens (primary N) is 1. The third-order valence-corrected chi connectivity index (χ3v) is 6.16. The van der Waals surface area contributed by atoms with Gasteiger partial charge in [0.25, 0.3) is 0 Å². The molecule has 1 aromatic heterocycles. The minimum atomic E-state index is -4.50. The Morgan fingerprint density at radius 3 is 2.72 bits per heavy atom. The Morgan fingerprint density at radius 2 is 2.00 bits per heavy atom. The van der Waals surface area contributed by atoms with Crippen LogP contribution < -0.4 is 16.4 Å². The monoisotopic (exact) mass is 450 g/mol. The van der Waals surface area contributed by atoms with Crippen LogP contribution in [0.3, 0.4) is 0 Å². The molecule has 4 atom stereocenters. The Morgan fingerprint density at radius 1 is 1.22 bits per heavy atom. The number of hydrogen-bond acceptors (Lipinski definition) is 6. The number of amides is 2. The molecular weight excluding hydrogens is 425 g/mol. The van der Waals surface area contributed by atoms with Gasteiger partial charge in [-0.05, 0) is 43.9 Å². The lowest BCUT2D eigenvalue weighted by molar-refractivity contribution is -0.137. The van der Waals surface area contributed by atoms with Gasteiger partial charge in [-0.15, -0.1) is 0 Å². The van der Waals surface area contributed by atoms with Crippen molar-refractivity contribution < 1.29 is 22.8 Å². The molecule has 0 radical (unpaired) electrons. The number of nitrogens with zero attached hydrogens (tertiary/aromatic N) is 3. The molecule has 11 heteroatoms. The molecule has 172 valence electrons. The largest absolute Gasteiger partial charge is 0.416 e. The van der Waals surface area contributed by atoms with E-state index in [1.54, 1.807) is 4.90 Å². The Balaban J connectivity index is 1.55. The molecule has 1 aliphatic heterocycles. The lowest BCUT2D eigenvalue weighted by Gasteiger charge is -2.40. The fourth-order valence-electron chi connectivity index (χ4n) is 4.65. The summed E-state index contributed by atoms with van der Waals surface area (Å²) in [6.07, 6.45) is -0.761. The second-order valence-corrected chi connectivity index (χ2v) is 8.42. The first-order valence-electron chi connectivity index (χ1n) is 10.5. The topological polar surface area (TPSA) is 113 Å². The summed E-state index contributed by atoms with van der Waals surface area (Å²) in [5, 5.41) is 6.13. The number of carbonyl (C=O) groups excluding carboxylic acids is 2. The van der Waals surface area contributed by atoms with Gasteiger partial charge < -0.3 is 21.3 Å². The molecule has 2 aromatic rings. The van der Waals surface area contributed by atoms with Crippen molar-refractivity contribution in [1.82, 2.24) is 20.2 Å². The summed E-state index contributed by atoms with van der Waals surface area (Å²) in [5.74, 6) is -0.159. The molecule has 1 saturated carbocycles. The smallest absolute Gasteiger partial charge is 0.358 e. The van der Waals surface area contributed by atoms with Crippen LogP contribution in [0.15, 0.2) is 24.5 Å². The van der Waals surface area contributed by atoms with Gasteiger partial charge in [0.2, 0.25) is 11.8 Å². The number of likely N-dealkylation sites (tertiary alicyclic amines) is 1. The van der Waals surface area contributed by atoms with E-state index in [4.69, 9.17) is 5.73 Å². The van der Waals surface area contributed by atoms with Crippen LogP contribution in [0.4, 0.5) is 19.0 Å². The fourth-order valence-corrected chi connectivity index (χ4v) is 4.65. The SMILES string of the molecule is CC(=O)N[C@@H]1CC(N)CC[C@@H]1N1CC[C@H](Nc2ncnc3ccc(C(F)(F)F)cc23)C1=O. The predicted molar refractivity (Wildman–Crippen MR) is 111 cm³/mol. The molecule has 1 aliphatic carbocycles. The molecule has 8 nitrogen and oxygen atoms in total. The second-order valence-electron chi connectivity index (χ2n) is 8.42. The van der Waals surface area contributed by atoms with E-state index in [2.05, 4.69) is 20.6 Å². The van der Waals surface area contributed by atoms with E-state index >= 15 is 0 Å². The molecule has 0 bridgehead atoms. The molecule has 2 aliphatic rings. The van der Waals surface area contributed by atoms with Crippen molar-refractivity contribution >= 4 is 28.5 Å². The lowest BCUT2D eigenvalue weighted by atomic mass is 9.86. The molecule has 2 heterocycles. The first-order chi connectivity index (χ1) is 15.1. The number of fused-ring (bicyclic) bond motifs is 1. The number of nitrogens with one attached hydrogen (secondary N) is 2. The third-order valence-electron chi connectivity index (χ3n) is 6.16. The number of carbonyl (C=O) groups is 2. The van der Waals surface area contributed by atoms with Gasteiger partial charge in [-0.25, -0.2) is 9.97 Å². The average molecular weight is 450 g/mol. The highest BCUT2D eigenvalue weighted by atomic mass is 19.4. The van der Waals surface area contributed by atoms with Crippen LogP contribution in [-0.2, 0) is 15.8 Å². The van der Waals surface area contributed by atoms with Gasteiger partial charge in [-0.3, -0.25) is 9.59 Å². The summed E-state index contributed by atoms with van der Waals surface area (Å²) >= 11 is 0. The second kappa shape index (κ2) is 8.53. The Hall–Kier alpha value is -2.95. The van der Waals surface area contributed by atoms with Gasteiger partial charge in [0.05, 0.1) is 23.2 Å². The van der Waals surface area contributed by atoms with E-state index in [1.165, 1.54) is 19.3 Å². The molecule has 1 unspecified atom stereocenters. The summed E-state index contributed by atoms with van der Waals surface area (Å²) in [6.45, 7) is 1.91. The van der Waals surface area contributed by atoms with Gasteiger partial charge in [0.15, 0.2) is 0 Å². The van der Waals surface area contributed by atoms with E-state index in [0.717, 1.165) is 18.6 Å². The Bertz CT molecular complexity index is 1030. The van der Waals surface area contributed by atoms with Crippen molar-refractivity contribution in [1.29, 1.82) is 0 Å². The third kappa shape index (κ3) is 4.47. The number of hydrogen-bond donors (Lipinski definition) is 3. The van der Waals surface area contributed by atoms with Gasteiger partial charge in [-0.1, -0.05) is 0 Å². The summed E-state index contributed by atoms with van der Waals surface area (Å²) in [4.78, 5) is 34.7. The van der Waals surface area contributed by atoms with Crippen LogP contribution >= 0.6 is 0 Å². The first-order valence-corrected chi connectivity index (χ1v) is 10.5. The summed E-state index contributed by atoms with van der Waals surface area (Å²) < 4.78 is 39.5. The maximum atomic E-state index is 13.2. The summed E-state index contributed by atoms with van der Waals surface area (Å²) in [5.41, 5.74) is 5.61. The molecular formula is C21H25F3N6O2. The van der Waals surface area contributed by atoms with Gasteiger partial charge in [-0.2, -0.15) is 13.2 Å².